The number of halogens is 3. The largest absolute Gasteiger partial charge is 0.411 e. The van der Waals surface area contributed by atoms with E-state index in [4.69, 9.17) is 5.11 Å². The van der Waals surface area contributed by atoms with Crippen LogP contribution in [0.4, 0.5) is 13.2 Å². The number of aliphatic hydroxyl groups is 1. The number of carbonyl (C=O) groups is 1. The van der Waals surface area contributed by atoms with Crippen LogP contribution in [0.2, 0.25) is 0 Å². The number of carbonyl (C=O) groups excluding carboxylic acids is 1. The third-order valence-corrected chi connectivity index (χ3v) is 2.23. The topological polar surface area (TPSA) is 58.6 Å². The fraction of sp³-hybridized carbons (Fsp3) is 0.357. The van der Waals surface area contributed by atoms with Crippen LogP contribution in [0.5, 0.6) is 0 Å². The summed E-state index contributed by atoms with van der Waals surface area (Å²) in [4.78, 5) is 11.7. The molecule has 0 aliphatic carbocycles. The molecule has 0 aliphatic heterocycles. The van der Waals surface area contributed by atoms with Crippen molar-refractivity contribution in [3.05, 3.63) is 35.4 Å². The molecular weight excluding hydrogens is 287 g/mol. The van der Waals surface area contributed by atoms with Gasteiger partial charge in [0.15, 0.2) is 0 Å². The second-order valence-electron chi connectivity index (χ2n) is 3.96. The van der Waals surface area contributed by atoms with Crippen LogP contribution in [-0.2, 0) is 4.74 Å². The lowest BCUT2D eigenvalue weighted by molar-refractivity contribution is -0.173. The summed E-state index contributed by atoms with van der Waals surface area (Å²) in [5.41, 5.74) is 0.889. The Bertz CT molecular complexity index is 532. The first-order chi connectivity index (χ1) is 9.92. The van der Waals surface area contributed by atoms with E-state index in [1.54, 1.807) is 18.2 Å². The lowest BCUT2D eigenvalue weighted by atomic mass is 10.1. The van der Waals surface area contributed by atoms with Crippen LogP contribution < -0.4 is 5.32 Å². The second kappa shape index (κ2) is 8.29. The highest BCUT2D eigenvalue weighted by Crippen LogP contribution is 2.13. The molecule has 0 heterocycles. The summed E-state index contributed by atoms with van der Waals surface area (Å²) in [6, 6.07) is 6.37. The third-order valence-electron chi connectivity index (χ3n) is 2.23. The molecule has 1 amide bonds. The van der Waals surface area contributed by atoms with Crippen LogP contribution in [0.3, 0.4) is 0 Å². The van der Waals surface area contributed by atoms with Crippen LogP contribution in [0.25, 0.3) is 0 Å². The van der Waals surface area contributed by atoms with E-state index < -0.39 is 18.7 Å². The molecule has 0 saturated heterocycles. The highest BCUT2D eigenvalue weighted by molar-refractivity contribution is 5.94. The predicted molar refractivity (Wildman–Crippen MR) is 69.6 cm³/mol. The monoisotopic (exact) mass is 301 g/mol. The van der Waals surface area contributed by atoms with E-state index in [2.05, 4.69) is 21.9 Å². The average molecular weight is 301 g/mol. The summed E-state index contributed by atoms with van der Waals surface area (Å²) in [5, 5.41) is 11.0. The van der Waals surface area contributed by atoms with Gasteiger partial charge in [0.2, 0.25) is 0 Å². The van der Waals surface area contributed by atoms with Crippen molar-refractivity contribution in [1.82, 2.24) is 5.32 Å². The molecule has 2 N–H and O–H groups in total. The molecule has 7 heteroatoms. The molecule has 0 unspecified atom stereocenters. The number of alkyl halides is 3. The number of amides is 1. The first-order valence-electron chi connectivity index (χ1n) is 6.05. The standard InChI is InChI=1S/C14H14F3NO3/c15-14(16,17)10-21-8-6-18-13(20)12-5-1-3-11(9-12)4-2-7-19/h1,3,5,9,19H,6-8,10H2,(H,18,20). The van der Waals surface area contributed by atoms with Gasteiger partial charge in [-0.15, -0.1) is 0 Å². The summed E-state index contributed by atoms with van der Waals surface area (Å²) in [7, 11) is 0. The van der Waals surface area contributed by atoms with Crippen LogP contribution in [0.15, 0.2) is 24.3 Å². The SMILES string of the molecule is O=C(NCCOCC(F)(F)F)c1cccc(C#CCO)c1. The van der Waals surface area contributed by atoms with Gasteiger partial charge in [-0.05, 0) is 18.2 Å². The number of rotatable bonds is 5. The van der Waals surface area contributed by atoms with Crippen LogP contribution in [-0.4, -0.2) is 43.6 Å². The van der Waals surface area contributed by atoms with Crippen molar-refractivity contribution < 1.29 is 27.8 Å². The van der Waals surface area contributed by atoms with Gasteiger partial charge in [0.25, 0.3) is 5.91 Å². The molecule has 0 aliphatic rings. The summed E-state index contributed by atoms with van der Waals surface area (Å²) in [6.07, 6.45) is -4.37. The number of benzene rings is 1. The summed E-state index contributed by atoms with van der Waals surface area (Å²) >= 11 is 0. The lowest BCUT2D eigenvalue weighted by Gasteiger charge is -2.08. The van der Waals surface area contributed by atoms with Crippen molar-refractivity contribution >= 4 is 5.91 Å². The number of hydrogen-bond donors (Lipinski definition) is 2. The molecule has 0 bridgehead atoms. The Kier molecular flexibility index (Phi) is 6.72. The van der Waals surface area contributed by atoms with E-state index in [1.807, 2.05) is 0 Å². The maximum Gasteiger partial charge on any atom is 0.411 e. The van der Waals surface area contributed by atoms with E-state index in [-0.39, 0.29) is 19.8 Å². The first-order valence-corrected chi connectivity index (χ1v) is 6.05. The van der Waals surface area contributed by atoms with Gasteiger partial charge in [0.05, 0.1) is 6.61 Å². The van der Waals surface area contributed by atoms with Crippen molar-refractivity contribution in [2.45, 2.75) is 6.18 Å². The predicted octanol–water partition coefficient (Wildman–Crippen LogP) is 1.34. The van der Waals surface area contributed by atoms with Crippen LogP contribution in [0.1, 0.15) is 15.9 Å². The fourth-order valence-electron chi connectivity index (χ4n) is 1.41. The highest BCUT2D eigenvalue weighted by atomic mass is 19.4. The smallest absolute Gasteiger partial charge is 0.384 e. The van der Waals surface area contributed by atoms with Crippen molar-refractivity contribution in [2.24, 2.45) is 0 Å². The maximum absolute atomic E-state index is 11.8. The fourth-order valence-corrected chi connectivity index (χ4v) is 1.41. The minimum absolute atomic E-state index is 0.0263. The minimum Gasteiger partial charge on any atom is -0.384 e. The Morgan fingerprint density at radius 3 is 2.81 bits per heavy atom. The quantitative estimate of drug-likeness (QED) is 0.637. The zero-order valence-electron chi connectivity index (χ0n) is 11.0. The van der Waals surface area contributed by atoms with Gasteiger partial charge in [-0.25, -0.2) is 0 Å². The summed E-state index contributed by atoms with van der Waals surface area (Å²) in [6.45, 7) is -1.88. The lowest BCUT2D eigenvalue weighted by Crippen LogP contribution is -2.28. The van der Waals surface area contributed by atoms with Crippen molar-refractivity contribution in [3.63, 3.8) is 0 Å². The van der Waals surface area contributed by atoms with E-state index in [9.17, 15) is 18.0 Å². The molecule has 0 atom stereocenters. The summed E-state index contributed by atoms with van der Waals surface area (Å²) < 4.78 is 39.8. The van der Waals surface area contributed by atoms with Crippen molar-refractivity contribution in [3.8, 4) is 11.8 Å². The molecule has 21 heavy (non-hydrogen) atoms. The van der Waals surface area contributed by atoms with Crippen LogP contribution >= 0.6 is 0 Å². The molecule has 1 aromatic rings. The average Bonchev–Trinajstić information content (AvgIpc) is 2.43. The molecule has 0 aromatic heterocycles. The van der Waals surface area contributed by atoms with E-state index in [1.165, 1.54) is 6.07 Å². The zero-order chi connectivity index (χ0) is 15.7. The number of aliphatic hydroxyl groups excluding tert-OH is 1. The molecule has 114 valence electrons. The molecular formula is C14H14F3NO3. The minimum atomic E-state index is -4.37. The molecule has 0 fully saturated rings. The van der Waals surface area contributed by atoms with E-state index >= 15 is 0 Å². The molecule has 0 radical (unpaired) electrons. The van der Waals surface area contributed by atoms with Crippen LogP contribution in [0, 0.1) is 11.8 Å². The van der Waals surface area contributed by atoms with Gasteiger partial charge in [-0.3, -0.25) is 4.79 Å². The van der Waals surface area contributed by atoms with Gasteiger partial charge in [0.1, 0.15) is 13.2 Å². The van der Waals surface area contributed by atoms with E-state index in [0.717, 1.165) is 0 Å². The summed E-state index contributed by atoms with van der Waals surface area (Å²) in [5.74, 6) is 4.67. The second-order valence-corrected chi connectivity index (χ2v) is 3.96. The Labute approximate surface area is 119 Å². The third kappa shape index (κ3) is 7.34. The number of hydrogen-bond acceptors (Lipinski definition) is 3. The van der Waals surface area contributed by atoms with Gasteiger partial charge in [-0.1, -0.05) is 17.9 Å². The first kappa shape index (κ1) is 17.0. The van der Waals surface area contributed by atoms with Gasteiger partial charge in [-0.2, -0.15) is 13.2 Å². The van der Waals surface area contributed by atoms with E-state index in [0.29, 0.717) is 11.1 Å². The normalized spacial score (nSPS) is 10.7. The maximum atomic E-state index is 11.8. The molecule has 1 rings (SSSR count). The Morgan fingerprint density at radius 2 is 2.14 bits per heavy atom. The molecule has 1 aromatic carbocycles. The van der Waals surface area contributed by atoms with Gasteiger partial charge < -0.3 is 15.2 Å². The van der Waals surface area contributed by atoms with Crippen molar-refractivity contribution in [1.29, 1.82) is 0 Å². The Hall–Kier alpha value is -2.04. The van der Waals surface area contributed by atoms with Crippen molar-refractivity contribution in [2.75, 3.05) is 26.4 Å². The Morgan fingerprint density at radius 1 is 1.38 bits per heavy atom. The van der Waals surface area contributed by atoms with Gasteiger partial charge in [0, 0.05) is 17.7 Å². The molecule has 0 spiro atoms. The number of nitrogens with one attached hydrogen (secondary N) is 1. The zero-order valence-corrected chi connectivity index (χ0v) is 11.0. The molecule has 0 saturated carbocycles. The molecule has 4 nitrogen and oxygen atoms in total. The number of ether oxygens (including phenoxy) is 1. The Balaban J connectivity index is 2.42. The highest BCUT2D eigenvalue weighted by Gasteiger charge is 2.27. The van der Waals surface area contributed by atoms with Gasteiger partial charge >= 0.3 is 6.18 Å².